The van der Waals surface area contributed by atoms with Gasteiger partial charge in [0, 0.05) is 11.1 Å². The Kier molecular flexibility index (Phi) is 4.52. The van der Waals surface area contributed by atoms with Gasteiger partial charge in [-0.2, -0.15) is 0 Å². The van der Waals surface area contributed by atoms with Crippen LogP contribution in [0.2, 0.25) is 5.02 Å². The zero-order chi connectivity index (χ0) is 19.8. The summed E-state index contributed by atoms with van der Waals surface area (Å²) in [6, 6.07) is 7.15. The summed E-state index contributed by atoms with van der Waals surface area (Å²) in [4.78, 5) is 38.5. The molecule has 1 atom stereocenters. The molecule has 3 heterocycles. The number of hydrogen-bond acceptors (Lipinski definition) is 6. The number of anilines is 1. The smallest absolute Gasteiger partial charge is 0.338 e. The van der Waals surface area contributed by atoms with Crippen molar-refractivity contribution in [3.63, 3.8) is 0 Å². The summed E-state index contributed by atoms with van der Waals surface area (Å²) in [6.07, 6.45) is 0. The molecule has 3 amide bonds. The van der Waals surface area contributed by atoms with E-state index in [9.17, 15) is 14.4 Å². The Morgan fingerprint density at radius 2 is 2.11 bits per heavy atom. The number of urea groups is 1. The highest BCUT2D eigenvalue weighted by atomic mass is 35.5. The predicted octanol–water partition coefficient (Wildman–Crippen LogP) is 2.15. The number of hydrogen-bond donors (Lipinski definition) is 2. The lowest BCUT2D eigenvalue weighted by molar-refractivity contribution is -0.136. The molecule has 28 heavy (non-hydrogen) atoms. The van der Waals surface area contributed by atoms with Gasteiger partial charge in [0.1, 0.15) is 18.9 Å². The molecule has 0 aliphatic carbocycles. The molecule has 0 spiro atoms. The van der Waals surface area contributed by atoms with E-state index in [1.165, 1.54) is 4.90 Å². The van der Waals surface area contributed by atoms with Crippen molar-refractivity contribution >= 4 is 35.3 Å². The maximum atomic E-state index is 12.7. The Hall–Kier alpha value is -3.33. The molecule has 2 aromatic rings. The summed E-state index contributed by atoms with van der Waals surface area (Å²) in [7, 11) is 0. The quantitative estimate of drug-likeness (QED) is 0.757. The monoisotopic (exact) mass is 402 g/mol. The van der Waals surface area contributed by atoms with Gasteiger partial charge in [-0.05, 0) is 24.6 Å². The molecule has 2 aliphatic rings. The van der Waals surface area contributed by atoms with E-state index in [4.69, 9.17) is 20.9 Å². The van der Waals surface area contributed by atoms with Crippen molar-refractivity contribution in [1.29, 1.82) is 0 Å². The van der Waals surface area contributed by atoms with Crippen LogP contribution >= 0.6 is 11.6 Å². The van der Waals surface area contributed by atoms with E-state index in [2.05, 4.69) is 15.8 Å². The number of benzene rings is 1. The van der Waals surface area contributed by atoms with Crippen LogP contribution in [0.4, 0.5) is 10.6 Å². The van der Waals surface area contributed by atoms with E-state index < -0.39 is 23.9 Å². The Balaban J connectivity index is 1.59. The van der Waals surface area contributed by atoms with Gasteiger partial charge < -0.3 is 19.9 Å². The third-order valence-corrected chi connectivity index (χ3v) is 4.65. The first kappa shape index (κ1) is 18.1. The molecule has 4 rings (SSSR count). The van der Waals surface area contributed by atoms with E-state index in [0.717, 1.165) is 0 Å². The molecular formula is C18H15ClN4O5. The Morgan fingerprint density at radius 3 is 2.79 bits per heavy atom. The first-order chi connectivity index (χ1) is 13.4. The Labute approximate surface area is 164 Å². The summed E-state index contributed by atoms with van der Waals surface area (Å²) in [5.74, 6) is -0.240. The molecule has 0 bridgehead atoms. The van der Waals surface area contributed by atoms with Gasteiger partial charge in [-0.1, -0.05) is 28.9 Å². The second kappa shape index (κ2) is 7.01. The molecule has 2 N–H and O–H groups in total. The zero-order valence-corrected chi connectivity index (χ0v) is 15.4. The van der Waals surface area contributed by atoms with Gasteiger partial charge in [-0.3, -0.25) is 9.69 Å². The first-order valence-electron chi connectivity index (χ1n) is 8.39. The number of ether oxygens (including phenoxy) is 1. The summed E-state index contributed by atoms with van der Waals surface area (Å²) in [5.41, 5.74) is 1.35. The standard InChI is InChI=1S/C18H15ClN4O5/c1-9-6-13(22-28-9)20-14(24)7-23-12-8-27-17(25)15(12)16(21-18(23)26)10-2-4-11(19)5-3-10/h2-6,16H,7-8H2,1H3,(H,21,26)(H,20,22,24). The normalized spacial score (nSPS) is 18.6. The topological polar surface area (TPSA) is 114 Å². The lowest BCUT2D eigenvalue weighted by Crippen LogP contribution is -2.49. The number of cyclic esters (lactones) is 1. The number of carbonyl (C=O) groups is 3. The minimum absolute atomic E-state index is 0.0813. The van der Waals surface area contributed by atoms with Crippen molar-refractivity contribution in [3.8, 4) is 0 Å². The highest BCUT2D eigenvalue weighted by Gasteiger charge is 2.42. The zero-order valence-electron chi connectivity index (χ0n) is 14.7. The van der Waals surface area contributed by atoms with Gasteiger partial charge >= 0.3 is 12.0 Å². The molecule has 1 unspecified atom stereocenters. The Bertz CT molecular complexity index is 998. The number of amides is 3. The van der Waals surface area contributed by atoms with Crippen LogP contribution in [-0.4, -0.2) is 41.1 Å². The van der Waals surface area contributed by atoms with Crippen LogP contribution in [0.1, 0.15) is 17.4 Å². The molecule has 144 valence electrons. The molecule has 1 aromatic carbocycles. The van der Waals surface area contributed by atoms with E-state index in [-0.39, 0.29) is 19.0 Å². The molecule has 0 saturated heterocycles. The van der Waals surface area contributed by atoms with Crippen LogP contribution in [0.3, 0.4) is 0 Å². The summed E-state index contributed by atoms with van der Waals surface area (Å²) >= 11 is 5.91. The van der Waals surface area contributed by atoms with E-state index in [0.29, 0.717) is 27.6 Å². The number of rotatable bonds is 4. The SMILES string of the molecule is Cc1cc(NC(=O)CN2C(=O)NC(c3ccc(Cl)cc3)C3=C2COC3=O)no1. The average molecular weight is 403 g/mol. The summed E-state index contributed by atoms with van der Waals surface area (Å²) in [6.45, 7) is 1.30. The van der Waals surface area contributed by atoms with Gasteiger partial charge in [-0.25, -0.2) is 9.59 Å². The largest absolute Gasteiger partial charge is 0.456 e. The van der Waals surface area contributed by atoms with Crippen LogP contribution in [0.15, 0.2) is 46.1 Å². The highest BCUT2D eigenvalue weighted by Crippen LogP contribution is 2.35. The van der Waals surface area contributed by atoms with Crippen molar-refractivity contribution in [2.75, 3.05) is 18.5 Å². The molecule has 1 aromatic heterocycles. The van der Waals surface area contributed by atoms with Crippen LogP contribution in [0.5, 0.6) is 0 Å². The third kappa shape index (κ3) is 3.31. The van der Waals surface area contributed by atoms with Gasteiger partial charge in [0.2, 0.25) is 5.91 Å². The van der Waals surface area contributed by atoms with Crippen molar-refractivity contribution in [3.05, 3.63) is 57.9 Å². The molecule has 0 radical (unpaired) electrons. The maximum Gasteiger partial charge on any atom is 0.338 e. The predicted molar refractivity (Wildman–Crippen MR) is 97.3 cm³/mol. The second-order valence-corrected chi connectivity index (χ2v) is 6.76. The number of nitrogens with one attached hydrogen (secondary N) is 2. The summed E-state index contributed by atoms with van der Waals surface area (Å²) < 4.78 is 10.0. The molecule has 2 aliphatic heterocycles. The van der Waals surface area contributed by atoms with Gasteiger partial charge in [0.05, 0.1) is 17.3 Å². The number of carbonyl (C=O) groups excluding carboxylic acids is 3. The van der Waals surface area contributed by atoms with Gasteiger partial charge in [0.25, 0.3) is 0 Å². The van der Waals surface area contributed by atoms with Gasteiger partial charge in [-0.15, -0.1) is 0 Å². The number of aryl methyl sites for hydroxylation is 1. The molecule has 0 fully saturated rings. The molecule has 10 heteroatoms. The van der Waals surface area contributed by atoms with Crippen molar-refractivity contribution in [2.45, 2.75) is 13.0 Å². The number of esters is 1. The number of nitrogens with zero attached hydrogens (tertiary/aromatic N) is 2. The maximum absolute atomic E-state index is 12.7. The van der Waals surface area contributed by atoms with Crippen molar-refractivity contribution in [1.82, 2.24) is 15.4 Å². The molecular weight excluding hydrogens is 388 g/mol. The van der Waals surface area contributed by atoms with Crippen LogP contribution in [0.25, 0.3) is 0 Å². The fourth-order valence-electron chi connectivity index (χ4n) is 3.13. The molecule has 9 nitrogen and oxygen atoms in total. The minimum atomic E-state index is -0.674. The lowest BCUT2D eigenvalue weighted by atomic mass is 9.96. The lowest BCUT2D eigenvalue weighted by Gasteiger charge is -2.32. The van der Waals surface area contributed by atoms with E-state index in [1.807, 2.05) is 0 Å². The fourth-order valence-corrected chi connectivity index (χ4v) is 3.26. The summed E-state index contributed by atoms with van der Waals surface area (Å²) in [5, 5.41) is 9.51. The second-order valence-electron chi connectivity index (χ2n) is 6.33. The molecule has 0 saturated carbocycles. The number of halogens is 1. The van der Waals surface area contributed by atoms with Crippen molar-refractivity contribution < 1.29 is 23.6 Å². The fraction of sp³-hybridized carbons (Fsp3) is 0.222. The van der Waals surface area contributed by atoms with E-state index >= 15 is 0 Å². The van der Waals surface area contributed by atoms with Crippen molar-refractivity contribution in [2.24, 2.45) is 0 Å². The average Bonchev–Trinajstić information content (AvgIpc) is 3.24. The minimum Gasteiger partial charge on any atom is -0.456 e. The number of aromatic nitrogens is 1. The van der Waals surface area contributed by atoms with Gasteiger partial charge in [0.15, 0.2) is 5.82 Å². The van der Waals surface area contributed by atoms with E-state index in [1.54, 1.807) is 37.3 Å². The third-order valence-electron chi connectivity index (χ3n) is 4.40. The highest BCUT2D eigenvalue weighted by molar-refractivity contribution is 6.30. The van der Waals surface area contributed by atoms with Crippen LogP contribution in [-0.2, 0) is 14.3 Å². The van der Waals surface area contributed by atoms with Crippen LogP contribution < -0.4 is 10.6 Å². The van der Waals surface area contributed by atoms with Crippen LogP contribution in [0, 0.1) is 6.92 Å². The first-order valence-corrected chi connectivity index (χ1v) is 8.77. The Morgan fingerprint density at radius 1 is 1.36 bits per heavy atom.